The first kappa shape index (κ1) is 17.6. The summed E-state index contributed by atoms with van der Waals surface area (Å²) < 4.78 is 38.3. The molecule has 0 aliphatic rings. The van der Waals surface area contributed by atoms with Crippen LogP contribution in [0, 0.1) is 0 Å². The van der Waals surface area contributed by atoms with Gasteiger partial charge in [0.15, 0.2) is 0 Å². The molecule has 0 radical (unpaired) electrons. The van der Waals surface area contributed by atoms with Gasteiger partial charge in [0.25, 0.3) is 0 Å². The lowest BCUT2D eigenvalue weighted by Crippen LogP contribution is -2.27. The van der Waals surface area contributed by atoms with Gasteiger partial charge in [-0.25, -0.2) is 13.1 Å². The van der Waals surface area contributed by atoms with Gasteiger partial charge in [-0.15, -0.1) is 0 Å². The summed E-state index contributed by atoms with van der Waals surface area (Å²) in [4.78, 5) is -0.00533. The quantitative estimate of drug-likeness (QED) is 0.862. The second kappa shape index (κ2) is 7.21. The average molecular weight is 356 g/mol. The van der Waals surface area contributed by atoms with Crippen molar-refractivity contribution in [2.75, 3.05) is 14.2 Å². The van der Waals surface area contributed by atoms with Crippen LogP contribution in [-0.4, -0.2) is 22.6 Å². The summed E-state index contributed by atoms with van der Waals surface area (Å²) in [5, 5.41) is 0.316. The maximum Gasteiger partial charge on any atom is 0.244 e. The van der Waals surface area contributed by atoms with Gasteiger partial charge in [-0.2, -0.15) is 0 Å². The van der Waals surface area contributed by atoms with Crippen LogP contribution in [0.5, 0.6) is 11.5 Å². The lowest BCUT2D eigenvalue weighted by molar-refractivity contribution is 0.401. The van der Waals surface area contributed by atoms with Gasteiger partial charge in [-0.3, -0.25) is 0 Å². The number of rotatable bonds is 6. The van der Waals surface area contributed by atoms with E-state index in [1.54, 1.807) is 32.2 Å². The summed E-state index contributed by atoms with van der Waals surface area (Å²) in [5.41, 5.74) is 0.736. The molecular formula is C16H18ClNO4S. The highest BCUT2D eigenvalue weighted by Gasteiger charge is 2.24. The van der Waals surface area contributed by atoms with Crippen molar-refractivity contribution in [2.24, 2.45) is 0 Å². The zero-order chi connectivity index (χ0) is 17.0. The van der Waals surface area contributed by atoms with E-state index in [-0.39, 0.29) is 10.6 Å². The third kappa shape index (κ3) is 3.96. The second-order valence-corrected chi connectivity index (χ2v) is 7.00. The molecule has 2 aromatic rings. The molecule has 0 saturated carbocycles. The molecule has 5 nitrogen and oxygen atoms in total. The Hall–Kier alpha value is -1.76. The Bertz CT molecular complexity index is 792. The fourth-order valence-electron chi connectivity index (χ4n) is 2.24. The first-order chi connectivity index (χ1) is 10.9. The summed E-state index contributed by atoms with van der Waals surface area (Å²) in [6.45, 7) is 1.74. The minimum absolute atomic E-state index is 0.00533. The summed E-state index contributed by atoms with van der Waals surface area (Å²) in [5.74, 6) is 0.842. The van der Waals surface area contributed by atoms with Crippen molar-refractivity contribution in [1.82, 2.24) is 4.72 Å². The Morgan fingerprint density at radius 2 is 1.70 bits per heavy atom. The zero-order valence-electron chi connectivity index (χ0n) is 13.0. The number of sulfonamides is 1. The molecule has 7 heteroatoms. The molecule has 0 aliphatic heterocycles. The van der Waals surface area contributed by atoms with Gasteiger partial charge in [0.2, 0.25) is 10.0 Å². The highest BCUT2D eigenvalue weighted by Crippen LogP contribution is 2.30. The smallest absolute Gasteiger partial charge is 0.244 e. The van der Waals surface area contributed by atoms with E-state index in [0.29, 0.717) is 10.8 Å². The van der Waals surface area contributed by atoms with Crippen LogP contribution in [0.1, 0.15) is 18.5 Å². The molecule has 0 fully saturated rings. The summed E-state index contributed by atoms with van der Waals surface area (Å²) in [6, 6.07) is 11.2. The normalized spacial score (nSPS) is 12.7. The summed E-state index contributed by atoms with van der Waals surface area (Å²) in [7, 11) is -0.863. The zero-order valence-corrected chi connectivity index (χ0v) is 14.6. The molecule has 0 spiro atoms. The SMILES string of the molecule is COc1ccccc1[C@H](C)NS(=O)(=O)c1cc(Cl)ccc1OC. The molecule has 0 aromatic heterocycles. The third-order valence-electron chi connectivity index (χ3n) is 3.35. The van der Waals surface area contributed by atoms with E-state index < -0.39 is 16.1 Å². The number of ether oxygens (including phenoxy) is 2. The van der Waals surface area contributed by atoms with Gasteiger partial charge in [0.1, 0.15) is 16.4 Å². The van der Waals surface area contributed by atoms with Crippen molar-refractivity contribution in [3.63, 3.8) is 0 Å². The Labute approximate surface area is 141 Å². The molecule has 1 N–H and O–H groups in total. The lowest BCUT2D eigenvalue weighted by atomic mass is 10.1. The van der Waals surface area contributed by atoms with Crippen LogP contribution in [0.25, 0.3) is 0 Å². The fraction of sp³-hybridized carbons (Fsp3) is 0.250. The molecule has 0 saturated heterocycles. The summed E-state index contributed by atoms with van der Waals surface area (Å²) in [6.07, 6.45) is 0. The van der Waals surface area contributed by atoms with E-state index in [4.69, 9.17) is 21.1 Å². The van der Waals surface area contributed by atoms with Crippen LogP contribution >= 0.6 is 11.6 Å². The number of benzene rings is 2. The molecule has 0 heterocycles. The van der Waals surface area contributed by atoms with Crippen LogP contribution in [0.4, 0.5) is 0 Å². The number of methoxy groups -OCH3 is 2. The van der Waals surface area contributed by atoms with Gasteiger partial charge in [0, 0.05) is 16.6 Å². The highest BCUT2D eigenvalue weighted by molar-refractivity contribution is 7.89. The first-order valence-electron chi connectivity index (χ1n) is 6.88. The Morgan fingerprint density at radius 1 is 1.04 bits per heavy atom. The summed E-state index contributed by atoms with van der Waals surface area (Å²) >= 11 is 5.91. The monoisotopic (exact) mass is 355 g/mol. The molecule has 0 unspecified atom stereocenters. The molecule has 1 atom stereocenters. The third-order valence-corrected chi connectivity index (χ3v) is 5.15. The minimum atomic E-state index is -3.81. The number of para-hydroxylation sites is 1. The van der Waals surface area contributed by atoms with E-state index >= 15 is 0 Å². The molecule has 0 amide bonds. The van der Waals surface area contributed by atoms with Gasteiger partial charge in [0.05, 0.1) is 14.2 Å². The number of halogens is 1. The molecular weight excluding hydrogens is 338 g/mol. The van der Waals surface area contributed by atoms with Gasteiger partial charge in [-0.1, -0.05) is 29.8 Å². The largest absolute Gasteiger partial charge is 0.496 e. The fourth-order valence-corrected chi connectivity index (χ4v) is 3.90. The topological polar surface area (TPSA) is 64.6 Å². The van der Waals surface area contributed by atoms with Crippen molar-refractivity contribution >= 4 is 21.6 Å². The van der Waals surface area contributed by atoms with E-state index in [2.05, 4.69) is 4.72 Å². The first-order valence-corrected chi connectivity index (χ1v) is 8.74. The number of hydrogen-bond acceptors (Lipinski definition) is 4. The van der Waals surface area contributed by atoms with Gasteiger partial charge in [-0.05, 0) is 31.2 Å². The van der Waals surface area contributed by atoms with Crippen molar-refractivity contribution < 1.29 is 17.9 Å². The van der Waals surface area contributed by atoms with Crippen LogP contribution < -0.4 is 14.2 Å². The molecule has 0 aliphatic carbocycles. The molecule has 23 heavy (non-hydrogen) atoms. The average Bonchev–Trinajstić information content (AvgIpc) is 2.54. The number of nitrogens with one attached hydrogen (secondary N) is 1. The molecule has 0 bridgehead atoms. The molecule has 2 rings (SSSR count). The van der Waals surface area contributed by atoms with E-state index in [1.807, 2.05) is 12.1 Å². The maximum absolute atomic E-state index is 12.7. The molecule has 2 aromatic carbocycles. The highest BCUT2D eigenvalue weighted by atomic mass is 35.5. The Morgan fingerprint density at radius 3 is 2.35 bits per heavy atom. The van der Waals surface area contributed by atoms with E-state index in [9.17, 15) is 8.42 Å². The number of hydrogen-bond donors (Lipinski definition) is 1. The van der Waals surface area contributed by atoms with Gasteiger partial charge < -0.3 is 9.47 Å². The van der Waals surface area contributed by atoms with Crippen molar-refractivity contribution in [3.05, 3.63) is 53.1 Å². The van der Waals surface area contributed by atoms with Gasteiger partial charge >= 0.3 is 0 Å². The standard InChI is InChI=1S/C16H18ClNO4S/c1-11(13-6-4-5-7-14(13)21-2)18-23(19,20)16-10-12(17)8-9-15(16)22-3/h4-11,18H,1-3H3/t11-/m0/s1. The van der Waals surface area contributed by atoms with Crippen LogP contribution in [0.15, 0.2) is 47.4 Å². The Kier molecular flexibility index (Phi) is 5.51. The minimum Gasteiger partial charge on any atom is -0.496 e. The lowest BCUT2D eigenvalue weighted by Gasteiger charge is -2.18. The predicted molar refractivity (Wildman–Crippen MR) is 89.7 cm³/mol. The van der Waals surface area contributed by atoms with Crippen LogP contribution in [0.2, 0.25) is 5.02 Å². The predicted octanol–water partition coefficient (Wildman–Crippen LogP) is 3.40. The van der Waals surface area contributed by atoms with E-state index in [1.165, 1.54) is 19.2 Å². The Balaban J connectivity index is 2.36. The van der Waals surface area contributed by atoms with Crippen molar-refractivity contribution in [3.8, 4) is 11.5 Å². The second-order valence-electron chi connectivity index (χ2n) is 4.88. The van der Waals surface area contributed by atoms with Crippen LogP contribution in [0.3, 0.4) is 0 Å². The van der Waals surface area contributed by atoms with Crippen molar-refractivity contribution in [2.45, 2.75) is 17.9 Å². The maximum atomic E-state index is 12.7. The molecule has 124 valence electrons. The van der Waals surface area contributed by atoms with Crippen LogP contribution in [-0.2, 0) is 10.0 Å². The van der Waals surface area contributed by atoms with E-state index in [0.717, 1.165) is 5.56 Å². The van der Waals surface area contributed by atoms with Crippen molar-refractivity contribution in [1.29, 1.82) is 0 Å².